The largest absolute Gasteiger partial charge is 0.573 e. The number of piperidine rings is 1. The lowest BCUT2D eigenvalue weighted by Gasteiger charge is -2.39. The van der Waals surface area contributed by atoms with Gasteiger partial charge in [0.15, 0.2) is 0 Å². The lowest BCUT2D eigenvalue weighted by Crippen LogP contribution is -2.42. The van der Waals surface area contributed by atoms with Crippen molar-refractivity contribution in [1.82, 2.24) is 15.2 Å². The van der Waals surface area contributed by atoms with Crippen molar-refractivity contribution in [2.75, 3.05) is 37.1 Å². The van der Waals surface area contributed by atoms with Crippen LogP contribution in [-0.2, 0) is 16.1 Å². The molecule has 2 aromatic carbocycles. The zero-order valence-corrected chi connectivity index (χ0v) is 20.8. The van der Waals surface area contributed by atoms with E-state index in [1.165, 1.54) is 19.1 Å². The molecule has 0 bridgehead atoms. The van der Waals surface area contributed by atoms with Crippen molar-refractivity contribution < 1.29 is 27.4 Å². The molecule has 0 spiro atoms. The first-order valence-corrected chi connectivity index (χ1v) is 12.2. The molecule has 1 atom stereocenters. The molecular weight excluding hydrogens is 489 g/mol. The predicted octanol–water partition coefficient (Wildman–Crippen LogP) is 4.34. The van der Waals surface area contributed by atoms with Gasteiger partial charge in [-0.15, -0.1) is 13.2 Å². The lowest BCUT2D eigenvalue weighted by molar-refractivity contribution is -0.274. The summed E-state index contributed by atoms with van der Waals surface area (Å²) in [6.07, 6.45) is -3.12. The van der Waals surface area contributed by atoms with Crippen LogP contribution in [0.4, 0.5) is 24.5 Å². The zero-order chi connectivity index (χ0) is 26.4. The molecule has 3 N–H and O–H groups in total. The van der Waals surface area contributed by atoms with Crippen LogP contribution in [0.15, 0.2) is 42.5 Å². The minimum absolute atomic E-state index is 0.101. The Morgan fingerprint density at radius 2 is 1.84 bits per heavy atom. The van der Waals surface area contributed by atoms with Crippen molar-refractivity contribution in [3.63, 3.8) is 0 Å². The Bertz CT molecular complexity index is 1040. The summed E-state index contributed by atoms with van der Waals surface area (Å²) in [6.45, 7) is 6.83. The van der Waals surface area contributed by atoms with Crippen LogP contribution in [0.3, 0.4) is 0 Å². The Balaban J connectivity index is 1.16. The minimum atomic E-state index is -4.69. The molecule has 1 unspecified atom stereocenters. The summed E-state index contributed by atoms with van der Waals surface area (Å²) >= 11 is 0. The number of amides is 1. The van der Waals surface area contributed by atoms with Crippen LogP contribution in [0, 0.1) is 6.92 Å². The van der Waals surface area contributed by atoms with Gasteiger partial charge in [0.05, 0.1) is 12.7 Å². The zero-order valence-electron chi connectivity index (χ0n) is 20.8. The van der Waals surface area contributed by atoms with Gasteiger partial charge in [0.1, 0.15) is 5.75 Å². The monoisotopic (exact) mass is 521 g/mol. The highest BCUT2D eigenvalue weighted by Gasteiger charge is 2.31. The third-order valence-corrected chi connectivity index (χ3v) is 6.22. The minimum Gasteiger partial charge on any atom is -0.560 e. The van der Waals surface area contributed by atoms with E-state index in [2.05, 4.69) is 25.6 Å². The summed E-state index contributed by atoms with van der Waals surface area (Å²) in [4.78, 5) is 13.7. The van der Waals surface area contributed by atoms with Crippen molar-refractivity contribution in [3.8, 4) is 5.75 Å². The number of likely N-dealkylation sites (tertiary alicyclic amines) is 1. The normalized spacial score (nSPS) is 19.6. The third-order valence-electron chi connectivity index (χ3n) is 6.22. The first kappa shape index (κ1) is 27.1. The molecule has 9 nitrogen and oxygen atoms in total. The standard InChI is InChI=1S/C25H32F3N6O3/c1-17-22(30-18(2)35)4-3-5-23(17)31-24-29-15-34(32-24)16-33-12-10-20(11-13-33)36-14-19-6-8-21(9-7-19)37-25(26,27)28/h3-9,20,24,29,31H,10-16H2,1-2H3,(H,30,35)/q-1. The van der Waals surface area contributed by atoms with Crippen LogP contribution in [0.25, 0.3) is 5.43 Å². The second-order valence-electron chi connectivity index (χ2n) is 9.15. The van der Waals surface area contributed by atoms with Gasteiger partial charge in [-0.25, -0.2) is 0 Å². The molecule has 1 amide bonds. The van der Waals surface area contributed by atoms with E-state index in [4.69, 9.17) is 10.2 Å². The summed E-state index contributed by atoms with van der Waals surface area (Å²) in [7, 11) is 0. The quantitative estimate of drug-likeness (QED) is 0.452. The fourth-order valence-corrected chi connectivity index (χ4v) is 4.32. The number of carbonyl (C=O) groups is 1. The summed E-state index contributed by atoms with van der Waals surface area (Å²) < 4.78 is 46.7. The van der Waals surface area contributed by atoms with Crippen LogP contribution < -0.4 is 20.7 Å². The molecule has 202 valence electrons. The molecule has 4 rings (SSSR count). The molecule has 12 heteroatoms. The molecule has 0 aliphatic carbocycles. The number of hydrogen-bond acceptors (Lipinski definition) is 7. The average molecular weight is 522 g/mol. The Labute approximate surface area is 214 Å². The fraction of sp³-hybridized carbons (Fsp3) is 0.480. The number of ether oxygens (including phenoxy) is 2. The van der Waals surface area contributed by atoms with E-state index in [1.807, 2.05) is 30.1 Å². The van der Waals surface area contributed by atoms with Crippen molar-refractivity contribution in [2.45, 2.75) is 52.1 Å². The molecule has 0 radical (unpaired) electrons. The van der Waals surface area contributed by atoms with E-state index in [0.717, 1.165) is 48.4 Å². The molecule has 2 fully saturated rings. The highest BCUT2D eigenvalue weighted by Crippen LogP contribution is 2.26. The van der Waals surface area contributed by atoms with Crippen molar-refractivity contribution >= 4 is 17.3 Å². The van der Waals surface area contributed by atoms with Gasteiger partial charge in [-0.2, -0.15) is 0 Å². The van der Waals surface area contributed by atoms with Crippen molar-refractivity contribution in [3.05, 3.63) is 59.0 Å². The van der Waals surface area contributed by atoms with Crippen LogP contribution in [-0.4, -0.2) is 61.0 Å². The second-order valence-corrected chi connectivity index (χ2v) is 9.15. The van der Waals surface area contributed by atoms with E-state index in [9.17, 15) is 18.0 Å². The summed E-state index contributed by atoms with van der Waals surface area (Å²) in [5.74, 6) is -0.352. The van der Waals surface area contributed by atoms with Crippen LogP contribution in [0.1, 0.15) is 30.9 Å². The Kier molecular flexibility index (Phi) is 8.87. The number of anilines is 2. The molecule has 2 aliphatic rings. The number of nitrogens with zero attached hydrogens (tertiary/aromatic N) is 3. The molecule has 2 heterocycles. The van der Waals surface area contributed by atoms with Crippen molar-refractivity contribution in [2.24, 2.45) is 0 Å². The Morgan fingerprint density at radius 3 is 2.51 bits per heavy atom. The van der Waals surface area contributed by atoms with Crippen molar-refractivity contribution in [1.29, 1.82) is 0 Å². The number of benzene rings is 2. The molecule has 37 heavy (non-hydrogen) atoms. The molecule has 2 saturated heterocycles. The van der Waals surface area contributed by atoms with Gasteiger partial charge in [-0.05, 0) is 61.4 Å². The number of alkyl halides is 3. The van der Waals surface area contributed by atoms with Gasteiger partial charge < -0.3 is 35.9 Å². The van der Waals surface area contributed by atoms with Crippen LogP contribution in [0.2, 0.25) is 0 Å². The maximum absolute atomic E-state index is 12.3. The van der Waals surface area contributed by atoms with E-state index in [1.54, 1.807) is 12.1 Å². The number of nitrogens with one attached hydrogen (secondary N) is 3. The van der Waals surface area contributed by atoms with Gasteiger partial charge >= 0.3 is 6.36 Å². The number of rotatable bonds is 9. The van der Waals surface area contributed by atoms with Gasteiger partial charge in [0, 0.05) is 44.7 Å². The van der Waals surface area contributed by atoms with E-state index < -0.39 is 6.36 Å². The molecule has 0 saturated carbocycles. The highest BCUT2D eigenvalue weighted by atomic mass is 19.4. The van der Waals surface area contributed by atoms with Crippen LogP contribution >= 0.6 is 0 Å². The van der Waals surface area contributed by atoms with Gasteiger partial charge in [0.25, 0.3) is 0 Å². The molecular formula is C25H32F3N6O3-. The van der Waals surface area contributed by atoms with Gasteiger partial charge in [-0.3, -0.25) is 9.69 Å². The number of carbonyl (C=O) groups excluding carboxylic acids is 1. The Morgan fingerprint density at radius 1 is 1.14 bits per heavy atom. The van der Waals surface area contributed by atoms with E-state index in [-0.39, 0.29) is 24.1 Å². The lowest BCUT2D eigenvalue weighted by atomic mass is 10.1. The second kappa shape index (κ2) is 12.1. The smallest absolute Gasteiger partial charge is 0.560 e. The summed E-state index contributed by atoms with van der Waals surface area (Å²) in [5.41, 5.74) is 8.12. The molecule has 2 aromatic rings. The van der Waals surface area contributed by atoms with Gasteiger partial charge in [0.2, 0.25) is 5.91 Å². The van der Waals surface area contributed by atoms with Crippen LogP contribution in [0.5, 0.6) is 5.75 Å². The maximum atomic E-state index is 12.3. The van der Waals surface area contributed by atoms with Gasteiger partial charge in [-0.1, -0.05) is 18.2 Å². The third kappa shape index (κ3) is 8.30. The number of hydrogen-bond donors (Lipinski definition) is 3. The maximum Gasteiger partial charge on any atom is 0.573 e. The fourth-order valence-electron chi connectivity index (χ4n) is 4.32. The SMILES string of the molecule is CC(=O)Nc1cccc(NC2[N-]N(CN3CCC(OCc4ccc(OC(F)(F)F)cc4)CC3)CN2)c1C. The number of halogens is 3. The van der Waals surface area contributed by atoms with E-state index >= 15 is 0 Å². The predicted molar refractivity (Wildman–Crippen MR) is 133 cm³/mol. The summed E-state index contributed by atoms with van der Waals surface area (Å²) in [6, 6.07) is 11.5. The first-order chi connectivity index (χ1) is 17.6. The molecule has 0 aromatic heterocycles. The summed E-state index contributed by atoms with van der Waals surface area (Å²) in [5, 5.41) is 11.5. The Hall–Kier alpha value is -2.90. The first-order valence-electron chi connectivity index (χ1n) is 12.2. The van der Waals surface area contributed by atoms with E-state index in [0.29, 0.717) is 19.9 Å². The highest BCUT2D eigenvalue weighted by molar-refractivity contribution is 5.90. The topological polar surface area (TPSA) is 92.2 Å². The molecule has 2 aliphatic heterocycles. The average Bonchev–Trinajstić information content (AvgIpc) is 3.27.